The van der Waals surface area contributed by atoms with Crippen LogP contribution in [0.1, 0.15) is 54.9 Å². The van der Waals surface area contributed by atoms with E-state index in [1.807, 2.05) is 40.0 Å². The van der Waals surface area contributed by atoms with E-state index in [1.165, 1.54) is 11.6 Å². The number of benzene rings is 1. The highest BCUT2D eigenvalue weighted by atomic mass is 16.5. The fourth-order valence-electron chi connectivity index (χ4n) is 3.15. The Morgan fingerprint density at radius 1 is 1.17 bits per heavy atom. The number of carbonyl (C=O) groups excluding carboxylic acids is 2. The van der Waals surface area contributed by atoms with Gasteiger partial charge in [-0.3, -0.25) is 9.48 Å². The molecule has 156 valence electrons. The van der Waals surface area contributed by atoms with Gasteiger partial charge in [0.2, 0.25) is 0 Å². The van der Waals surface area contributed by atoms with Crippen molar-refractivity contribution in [2.75, 3.05) is 6.61 Å². The van der Waals surface area contributed by atoms with E-state index in [1.54, 1.807) is 10.8 Å². The van der Waals surface area contributed by atoms with Crippen LogP contribution in [0, 0.1) is 19.8 Å². The number of nitrogens with zero attached hydrogens (tertiary/aromatic N) is 2. The molecule has 0 aliphatic rings. The maximum Gasteiger partial charge on any atom is 0.331 e. The zero-order valence-electron chi connectivity index (χ0n) is 18.2. The fourth-order valence-corrected chi connectivity index (χ4v) is 3.15. The molecule has 29 heavy (non-hydrogen) atoms. The first-order valence-electron chi connectivity index (χ1n) is 9.90. The van der Waals surface area contributed by atoms with E-state index < -0.39 is 5.97 Å². The number of esters is 1. The van der Waals surface area contributed by atoms with Crippen molar-refractivity contribution in [3.8, 4) is 0 Å². The number of aromatic nitrogens is 2. The first kappa shape index (κ1) is 22.4. The zero-order chi connectivity index (χ0) is 21.6. The van der Waals surface area contributed by atoms with E-state index >= 15 is 0 Å². The van der Waals surface area contributed by atoms with Crippen molar-refractivity contribution < 1.29 is 14.3 Å². The first-order chi connectivity index (χ1) is 13.7. The third-order valence-corrected chi connectivity index (χ3v) is 4.80. The van der Waals surface area contributed by atoms with Gasteiger partial charge in [-0.2, -0.15) is 5.10 Å². The minimum atomic E-state index is -0.562. The van der Waals surface area contributed by atoms with Crippen LogP contribution in [0.2, 0.25) is 0 Å². The summed E-state index contributed by atoms with van der Waals surface area (Å²) in [6.45, 7) is 9.77. The lowest BCUT2D eigenvalue weighted by Gasteiger charge is -2.15. The number of hydrogen-bond donors (Lipinski definition) is 1. The van der Waals surface area contributed by atoms with Crippen LogP contribution in [0.5, 0.6) is 0 Å². The molecule has 0 unspecified atom stereocenters. The first-order valence-corrected chi connectivity index (χ1v) is 9.90. The van der Waals surface area contributed by atoms with Crippen molar-refractivity contribution in [3.63, 3.8) is 0 Å². The molecule has 0 aliphatic heterocycles. The van der Waals surface area contributed by atoms with Crippen LogP contribution >= 0.6 is 0 Å². The Hall–Kier alpha value is -2.89. The van der Waals surface area contributed by atoms with E-state index in [-0.39, 0.29) is 18.6 Å². The SMILES string of the molecule is Cc1nn(C)c(C)c1/C=C/C(=O)OCC(=O)N[C@H](C)c1ccc(CC(C)C)cc1. The zero-order valence-corrected chi connectivity index (χ0v) is 18.2. The second-order valence-electron chi connectivity index (χ2n) is 7.78. The Balaban J connectivity index is 1.82. The predicted octanol–water partition coefficient (Wildman–Crippen LogP) is 3.67. The maximum absolute atomic E-state index is 12.1. The molecule has 0 radical (unpaired) electrons. The summed E-state index contributed by atoms with van der Waals surface area (Å²) >= 11 is 0. The molecule has 0 spiro atoms. The van der Waals surface area contributed by atoms with E-state index in [4.69, 9.17) is 4.74 Å². The Morgan fingerprint density at radius 2 is 1.83 bits per heavy atom. The summed E-state index contributed by atoms with van der Waals surface area (Å²) in [5, 5.41) is 7.15. The van der Waals surface area contributed by atoms with Gasteiger partial charge < -0.3 is 10.1 Å². The number of rotatable bonds is 8. The molecule has 1 atom stereocenters. The van der Waals surface area contributed by atoms with Crippen LogP contribution < -0.4 is 5.32 Å². The molecule has 1 N–H and O–H groups in total. The molecular formula is C23H31N3O3. The number of amides is 1. The smallest absolute Gasteiger partial charge is 0.331 e. The molecular weight excluding hydrogens is 366 g/mol. The van der Waals surface area contributed by atoms with Crippen molar-refractivity contribution in [1.29, 1.82) is 0 Å². The van der Waals surface area contributed by atoms with Crippen LogP contribution in [-0.2, 0) is 27.8 Å². The third-order valence-electron chi connectivity index (χ3n) is 4.80. The standard InChI is InChI=1S/C23H31N3O3/c1-15(2)13-19-7-9-20(10-8-19)16(3)24-22(27)14-29-23(28)12-11-21-17(4)25-26(6)18(21)5/h7-12,15-16H,13-14H2,1-6H3,(H,24,27)/b12-11+/t16-/m1/s1. The van der Waals surface area contributed by atoms with Gasteiger partial charge in [-0.1, -0.05) is 38.1 Å². The second-order valence-corrected chi connectivity index (χ2v) is 7.78. The Morgan fingerprint density at radius 3 is 2.38 bits per heavy atom. The average Bonchev–Trinajstić information content (AvgIpc) is 2.90. The lowest BCUT2D eigenvalue weighted by Crippen LogP contribution is -2.30. The van der Waals surface area contributed by atoms with Gasteiger partial charge in [-0.05, 0) is 50.3 Å². The summed E-state index contributed by atoms with van der Waals surface area (Å²) in [6, 6.07) is 8.06. The number of nitrogens with one attached hydrogen (secondary N) is 1. The van der Waals surface area contributed by atoms with Gasteiger partial charge in [-0.15, -0.1) is 0 Å². The van der Waals surface area contributed by atoms with Crippen molar-refractivity contribution in [3.05, 3.63) is 58.4 Å². The highest BCUT2D eigenvalue weighted by molar-refractivity contribution is 5.89. The molecule has 0 saturated carbocycles. The molecule has 0 fully saturated rings. The normalized spacial score (nSPS) is 12.4. The molecule has 2 aromatic rings. The highest BCUT2D eigenvalue weighted by Gasteiger charge is 2.12. The Kier molecular flexibility index (Phi) is 7.76. The number of hydrogen-bond acceptors (Lipinski definition) is 4. The minimum Gasteiger partial charge on any atom is -0.452 e. The van der Waals surface area contributed by atoms with Gasteiger partial charge >= 0.3 is 5.97 Å². The quantitative estimate of drug-likeness (QED) is 0.545. The molecule has 1 aromatic carbocycles. The Bertz CT molecular complexity index is 880. The van der Waals surface area contributed by atoms with E-state index in [9.17, 15) is 9.59 Å². The van der Waals surface area contributed by atoms with Gasteiger partial charge in [0.15, 0.2) is 6.61 Å². The summed E-state index contributed by atoms with van der Waals surface area (Å²) < 4.78 is 6.80. The van der Waals surface area contributed by atoms with Crippen LogP contribution in [0.3, 0.4) is 0 Å². The summed E-state index contributed by atoms with van der Waals surface area (Å²) in [4.78, 5) is 24.0. The van der Waals surface area contributed by atoms with E-state index in [2.05, 4.69) is 36.4 Å². The topological polar surface area (TPSA) is 73.2 Å². The molecule has 0 aliphatic carbocycles. The molecule has 1 heterocycles. The monoisotopic (exact) mass is 397 g/mol. The van der Waals surface area contributed by atoms with Crippen LogP contribution in [0.25, 0.3) is 6.08 Å². The van der Waals surface area contributed by atoms with Crippen LogP contribution in [0.15, 0.2) is 30.3 Å². The molecule has 1 amide bonds. The van der Waals surface area contributed by atoms with Crippen molar-refractivity contribution in [2.24, 2.45) is 13.0 Å². The van der Waals surface area contributed by atoms with Gasteiger partial charge in [0.05, 0.1) is 11.7 Å². The fraction of sp³-hybridized carbons (Fsp3) is 0.435. The lowest BCUT2D eigenvalue weighted by molar-refractivity contribution is -0.144. The van der Waals surface area contributed by atoms with Gasteiger partial charge in [-0.25, -0.2) is 4.79 Å². The number of carbonyl (C=O) groups is 2. The van der Waals surface area contributed by atoms with E-state index in [0.29, 0.717) is 5.92 Å². The molecule has 0 bridgehead atoms. The van der Waals surface area contributed by atoms with Gasteiger partial charge in [0.25, 0.3) is 5.91 Å². The average molecular weight is 398 g/mol. The molecule has 6 nitrogen and oxygen atoms in total. The summed E-state index contributed by atoms with van der Waals surface area (Å²) in [5.41, 5.74) is 4.96. The molecule has 6 heteroatoms. The van der Waals surface area contributed by atoms with Crippen molar-refractivity contribution >= 4 is 18.0 Å². The second kappa shape index (κ2) is 10.0. The largest absolute Gasteiger partial charge is 0.452 e. The summed E-state index contributed by atoms with van der Waals surface area (Å²) in [7, 11) is 1.85. The summed E-state index contributed by atoms with van der Waals surface area (Å²) in [6.07, 6.45) is 4.02. The van der Waals surface area contributed by atoms with Crippen molar-refractivity contribution in [1.82, 2.24) is 15.1 Å². The highest BCUT2D eigenvalue weighted by Crippen LogP contribution is 2.16. The Labute approximate surface area is 173 Å². The summed E-state index contributed by atoms with van der Waals surface area (Å²) in [5.74, 6) is -0.291. The molecule has 2 rings (SSSR count). The number of aryl methyl sites for hydroxylation is 2. The van der Waals surface area contributed by atoms with Gasteiger partial charge in [0.1, 0.15) is 0 Å². The van der Waals surface area contributed by atoms with Gasteiger partial charge in [0, 0.05) is 24.4 Å². The maximum atomic E-state index is 12.1. The van der Waals surface area contributed by atoms with Crippen LogP contribution in [0.4, 0.5) is 0 Å². The molecule has 0 saturated heterocycles. The molecule has 1 aromatic heterocycles. The third kappa shape index (κ3) is 6.59. The minimum absolute atomic E-state index is 0.162. The lowest BCUT2D eigenvalue weighted by atomic mass is 10.00. The predicted molar refractivity (Wildman–Crippen MR) is 114 cm³/mol. The van der Waals surface area contributed by atoms with E-state index in [0.717, 1.165) is 28.9 Å². The van der Waals surface area contributed by atoms with Crippen LogP contribution in [-0.4, -0.2) is 28.3 Å². The number of ether oxygens (including phenoxy) is 1. The van der Waals surface area contributed by atoms with Crippen molar-refractivity contribution in [2.45, 2.75) is 47.1 Å².